The minimum Gasteiger partial charge on any atom is -0.490 e. The van der Waals surface area contributed by atoms with Crippen LogP contribution < -0.4 is 24.5 Å². The Bertz CT molecular complexity index is 918. The Kier molecular flexibility index (Phi) is 6.04. The lowest BCUT2D eigenvalue weighted by Crippen LogP contribution is -2.43. The minimum atomic E-state index is -3.98. The maximum atomic E-state index is 12.3. The van der Waals surface area contributed by atoms with Gasteiger partial charge in [-0.3, -0.25) is 10.2 Å². The number of fused-ring (bicyclic) bond motifs is 1. The summed E-state index contributed by atoms with van der Waals surface area (Å²) < 4.78 is 40.9. The number of carbonyl (C=O) groups is 1. The summed E-state index contributed by atoms with van der Waals surface area (Å²) >= 11 is 5.76. The van der Waals surface area contributed by atoms with E-state index >= 15 is 0 Å². The zero-order chi connectivity index (χ0) is 19.3. The summed E-state index contributed by atoms with van der Waals surface area (Å²) in [5, 5.41) is 0.537. The van der Waals surface area contributed by atoms with E-state index in [-0.39, 0.29) is 11.5 Å². The molecule has 0 atom stereocenters. The molecule has 27 heavy (non-hydrogen) atoms. The first-order valence-electron chi connectivity index (χ1n) is 8.03. The minimum absolute atomic E-state index is 0.0642. The lowest BCUT2D eigenvalue weighted by molar-refractivity contribution is -0.123. The summed E-state index contributed by atoms with van der Waals surface area (Å²) in [6.45, 7) is 0.565. The highest BCUT2D eigenvalue weighted by Crippen LogP contribution is 2.31. The van der Waals surface area contributed by atoms with Crippen LogP contribution in [-0.4, -0.2) is 34.1 Å². The molecule has 0 fully saturated rings. The highest BCUT2D eigenvalue weighted by atomic mass is 35.5. The van der Waals surface area contributed by atoms with Crippen LogP contribution in [0.15, 0.2) is 47.4 Å². The molecule has 0 bridgehead atoms. The van der Waals surface area contributed by atoms with Crippen molar-refractivity contribution in [3.05, 3.63) is 47.5 Å². The molecule has 0 radical (unpaired) electrons. The van der Waals surface area contributed by atoms with E-state index in [2.05, 4.69) is 5.43 Å². The second-order valence-corrected chi connectivity index (χ2v) is 7.67. The summed E-state index contributed by atoms with van der Waals surface area (Å²) in [4.78, 5) is 13.8. The van der Waals surface area contributed by atoms with Crippen LogP contribution in [0.5, 0.6) is 17.2 Å². The van der Waals surface area contributed by atoms with Crippen molar-refractivity contribution in [2.24, 2.45) is 0 Å². The number of carbonyl (C=O) groups excluding carboxylic acids is 1. The molecule has 0 unspecified atom stereocenters. The van der Waals surface area contributed by atoms with Gasteiger partial charge in [-0.1, -0.05) is 11.6 Å². The van der Waals surface area contributed by atoms with E-state index in [1.165, 1.54) is 18.2 Å². The number of ether oxygens (including phenoxy) is 3. The molecule has 0 saturated carbocycles. The average Bonchev–Trinajstić information content (AvgIpc) is 2.91. The van der Waals surface area contributed by atoms with E-state index in [0.29, 0.717) is 41.9 Å². The number of halogens is 1. The maximum absolute atomic E-state index is 12.3. The lowest BCUT2D eigenvalue weighted by atomic mass is 10.3. The first-order chi connectivity index (χ1) is 12.9. The molecular weight excluding hydrogens is 396 g/mol. The van der Waals surface area contributed by atoms with Crippen LogP contribution in [0.25, 0.3) is 0 Å². The molecule has 1 heterocycles. The molecule has 1 aliphatic rings. The molecule has 10 heteroatoms. The fraction of sp³-hybridized carbons (Fsp3) is 0.235. The third-order valence-corrected chi connectivity index (χ3v) is 5.03. The van der Waals surface area contributed by atoms with E-state index in [1.54, 1.807) is 24.3 Å². The molecule has 2 N–H and O–H groups in total. The SMILES string of the molecule is O=C(COc1ccc(Cl)cc1)NNS(=O)(=O)c1ccc2c(c1)OCCCO2. The van der Waals surface area contributed by atoms with Crippen molar-refractivity contribution in [2.45, 2.75) is 11.3 Å². The summed E-state index contributed by atoms with van der Waals surface area (Å²) in [7, 11) is -3.98. The van der Waals surface area contributed by atoms with Crippen molar-refractivity contribution in [3.63, 3.8) is 0 Å². The fourth-order valence-corrected chi connectivity index (χ4v) is 3.21. The zero-order valence-corrected chi connectivity index (χ0v) is 15.7. The van der Waals surface area contributed by atoms with Gasteiger partial charge in [-0.15, -0.1) is 4.83 Å². The number of hydrogen-bond donors (Lipinski definition) is 2. The van der Waals surface area contributed by atoms with Crippen molar-refractivity contribution in [1.29, 1.82) is 0 Å². The molecule has 1 aliphatic heterocycles. The van der Waals surface area contributed by atoms with Crippen LogP contribution in [0, 0.1) is 0 Å². The van der Waals surface area contributed by atoms with E-state index in [9.17, 15) is 13.2 Å². The van der Waals surface area contributed by atoms with E-state index in [1.807, 2.05) is 4.83 Å². The smallest absolute Gasteiger partial charge is 0.272 e. The number of benzene rings is 2. The molecule has 0 saturated heterocycles. The maximum Gasteiger partial charge on any atom is 0.272 e. The van der Waals surface area contributed by atoms with Gasteiger partial charge in [-0.25, -0.2) is 8.42 Å². The topological polar surface area (TPSA) is 103 Å². The Balaban J connectivity index is 1.57. The average molecular weight is 413 g/mol. The van der Waals surface area contributed by atoms with Gasteiger partial charge in [-0.2, -0.15) is 0 Å². The summed E-state index contributed by atoms with van der Waals surface area (Å²) in [5.74, 6) is 0.586. The highest BCUT2D eigenvalue weighted by Gasteiger charge is 2.19. The summed E-state index contributed by atoms with van der Waals surface area (Å²) in [6.07, 6.45) is 0.707. The van der Waals surface area contributed by atoms with E-state index in [0.717, 1.165) is 0 Å². The van der Waals surface area contributed by atoms with Crippen LogP contribution in [0.2, 0.25) is 5.02 Å². The van der Waals surface area contributed by atoms with Crippen LogP contribution in [0.4, 0.5) is 0 Å². The van der Waals surface area contributed by atoms with Crippen molar-refractivity contribution in [2.75, 3.05) is 19.8 Å². The zero-order valence-electron chi connectivity index (χ0n) is 14.1. The van der Waals surface area contributed by atoms with Gasteiger partial charge in [0.25, 0.3) is 15.9 Å². The molecule has 0 aliphatic carbocycles. The Hall–Kier alpha value is -2.49. The van der Waals surface area contributed by atoms with Crippen LogP contribution in [0.3, 0.4) is 0 Å². The Morgan fingerprint density at radius 3 is 2.52 bits per heavy atom. The number of hydrogen-bond acceptors (Lipinski definition) is 6. The largest absolute Gasteiger partial charge is 0.490 e. The first-order valence-corrected chi connectivity index (χ1v) is 9.89. The number of sulfonamides is 1. The molecular formula is C17H17ClN2O6S. The summed E-state index contributed by atoms with van der Waals surface area (Å²) in [5.41, 5.74) is 2.10. The molecule has 144 valence electrons. The quantitative estimate of drug-likeness (QED) is 0.702. The molecule has 1 amide bonds. The molecule has 3 rings (SSSR count). The first kappa shape index (κ1) is 19.3. The number of nitrogens with one attached hydrogen (secondary N) is 2. The Morgan fingerprint density at radius 2 is 1.78 bits per heavy atom. The van der Waals surface area contributed by atoms with E-state index in [4.69, 9.17) is 25.8 Å². The van der Waals surface area contributed by atoms with Gasteiger partial charge >= 0.3 is 0 Å². The molecule has 0 aromatic heterocycles. The van der Waals surface area contributed by atoms with Gasteiger partial charge in [0, 0.05) is 17.5 Å². The normalized spacial score (nSPS) is 13.5. The standard InChI is InChI=1S/C17H17ClN2O6S/c18-12-2-4-13(5-3-12)26-11-17(21)19-20-27(22,23)14-6-7-15-16(10-14)25-9-1-8-24-15/h2-7,10,20H,1,8-9,11H2,(H,19,21). The van der Waals surface area contributed by atoms with E-state index < -0.39 is 15.9 Å². The van der Waals surface area contributed by atoms with Gasteiger partial charge < -0.3 is 14.2 Å². The van der Waals surface area contributed by atoms with Crippen LogP contribution >= 0.6 is 11.6 Å². The van der Waals surface area contributed by atoms with Gasteiger partial charge in [0.1, 0.15) is 5.75 Å². The molecule has 0 spiro atoms. The number of hydrazine groups is 1. The monoisotopic (exact) mass is 412 g/mol. The lowest BCUT2D eigenvalue weighted by Gasteiger charge is -2.12. The predicted molar refractivity (Wildman–Crippen MR) is 97.5 cm³/mol. The van der Waals surface area contributed by atoms with Crippen molar-refractivity contribution in [3.8, 4) is 17.2 Å². The van der Waals surface area contributed by atoms with Crippen molar-refractivity contribution >= 4 is 27.5 Å². The van der Waals surface area contributed by atoms with Gasteiger partial charge in [0.05, 0.1) is 18.1 Å². The fourth-order valence-electron chi connectivity index (χ4n) is 2.21. The number of amides is 1. The Labute approximate surface area is 161 Å². The third kappa shape index (κ3) is 5.25. The van der Waals surface area contributed by atoms with Crippen LogP contribution in [0.1, 0.15) is 6.42 Å². The summed E-state index contributed by atoms with van der Waals surface area (Å²) in [6, 6.07) is 10.6. The second-order valence-electron chi connectivity index (χ2n) is 5.56. The molecule has 2 aromatic carbocycles. The van der Waals surface area contributed by atoms with Crippen LogP contribution in [-0.2, 0) is 14.8 Å². The van der Waals surface area contributed by atoms with Gasteiger partial charge in [0.2, 0.25) is 0 Å². The molecule has 2 aromatic rings. The van der Waals surface area contributed by atoms with Crippen molar-refractivity contribution in [1.82, 2.24) is 10.3 Å². The molecule has 8 nitrogen and oxygen atoms in total. The highest BCUT2D eigenvalue weighted by molar-refractivity contribution is 7.89. The third-order valence-electron chi connectivity index (χ3n) is 3.54. The number of rotatable bonds is 6. The van der Waals surface area contributed by atoms with Crippen molar-refractivity contribution < 1.29 is 27.4 Å². The second kappa shape index (κ2) is 8.47. The van der Waals surface area contributed by atoms with Gasteiger partial charge in [0.15, 0.2) is 18.1 Å². The van der Waals surface area contributed by atoms with Gasteiger partial charge in [-0.05, 0) is 36.4 Å². The Morgan fingerprint density at radius 1 is 1.07 bits per heavy atom. The predicted octanol–water partition coefficient (Wildman–Crippen LogP) is 1.89.